The highest BCUT2D eigenvalue weighted by molar-refractivity contribution is 5.92. The molecule has 0 atom stereocenters. The van der Waals surface area contributed by atoms with Crippen LogP contribution in [-0.2, 0) is 14.4 Å². The van der Waals surface area contributed by atoms with E-state index < -0.39 is 24.3 Å². The number of para-hydroxylation sites is 1. The van der Waals surface area contributed by atoms with Crippen molar-refractivity contribution in [2.24, 2.45) is 5.73 Å². The Hall–Kier alpha value is -2.41. The maximum atomic E-state index is 11.7. The number of carboxylic acids is 1. The van der Waals surface area contributed by atoms with Gasteiger partial charge >= 0.3 is 5.97 Å². The van der Waals surface area contributed by atoms with Gasteiger partial charge in [0.2, 0.25) is 11.8 Å². The van der Waals surface area contributed by atoms with Crippen molar-refractivity contribution in [3.8, 4) is 0 Å². The van der Waals surface area contributed by atoms with Gasteiger partial charge in [-0.1, -0.05) is 18.2 Å². The molecule has 102 valence electrons. The van der Waals surface area contributed by atoms with Crippen molar-refractivity contribution in [2.75, 3.05) is 25.0 Å². The highest BCUT2D eigenvalue weighted by Gasteiger charge is 2.16. The summed E-state index contributed by atoms with van der Waals surface area (Å²) in [5, 5.41) is 11.3. The number of amides is 2. The van der Waals surface area contributed by atoms with Gasteiger partial charge < -0.3 is 16.2 Å². The van der Waals surface area contributed by atoms with Gasteiger partial charge in [-0.2, -0.15) is 0 Å². The van der Waals surface area contributed by atoms with Gasteiger partial charge in [-0.15, -0.1) is 0 Å². The van der Waals surface area contributed by atoms with Crippen LogP contribution in [0.3, 0.4) is 0 Å². The zero-order valence-corrected chi connectivity index (χ0v) is 10.2. The van der Waals surface area contributed by atoms with E-state index in [-0.39, 0.29) is 13.1 Å². The van der Waals surface area contributed by atoms with E-state index >= 15 is 0 Å². The molecule has 1 aromatic carbocycles. The molecule has 2 amide bonds. The van der Waals surface area contributed by atoms with E-state index in [1.807, 2.05) is 0 Å². The quantitative estimate of drug-likeness (QED) is 0.615. The standard InChI is InChI=1S/C12H15N3O4/c13-10(16)6-15(8-12(18)19)7-11(17)14-9-4-2-1-3-5-9/h1-5H,6-8H2,(H2,13,16)(H,14,17)(H,18,19). The number of nitrogens with zero attached hydrogens (tertiary/aromatic N) is 1. The Bertz CT molecular complexity index is 445. The van der Waals surface area contributed by atoms with Gasteiger partial charge in [0.25, 0.3) is 0 Å². The van der Waals surface area contributed by atoms with Crippen LogP contribution in [0.2, 0.25) is 0 Å². The maximum absolute atomic E-state index is 11.7. The maximum Gasteiger partial charge on any atom is 0.317 e. The second kappa shape index (κ2) is 7.12. The third-order valence-corrected chi connectivity index (χ3v) is 2.16. The molecule has 0 fully saturated rings. The number of nitrogens with one attached hydrogen (secondary N) is 1. The van der Waals surface area contributed by atoms with Gasteiger partial charge in [-0.3, -0.25) is 19.3 Å². The summed E-state index contributed by atoms with van der Waals surface area (Å²) in [7, 11) is 0. The number of primary amides is 1. The average Bonchev–Trinajstić information content (AvgIpc) is 2.27. The predicted octanol–water partition coefficient (Wildman–Crippen LogP) is -0.503. The minimum atomic E-state index is -1.13. The molecule has 0 saturated heterocycles. The second-order valence-corrected chi connectivity index (χ2v) is 3.92. The summed E-state index contributed by atoms with van der Waals surface area (Å²) in [4.78, 5) is 34.2. The van der Waals surface area contributed by atoms with Gasteiger partial charge in [-0.25, -0.2) is 0 Å². The minimum Gasteiger partial charge on any atom is -0.480 e. The molecule has 1 rings (SSSR count). The van der Waals surface area contributed by atoms with E-state index in [1.165, 1.54) is 0 Å². The lowest BCUT2D eigenvalue weighted by atomic mass is 10.3. The van der Waals surface area contributed by atoms with E-state index in [0.29, 0.717) is 5.69 Å². The van der Waals surface area contributed by atoms with Gasteiger partial charge in [0.05, 0.1) is 19.6 Å². The molecular formula is C12H15N3O4. The molecule has 0 bridgehead atoms. The van der Waals surface area contributed by atoms with E-state index in [0.717, 1.165) is 4.90 Å². The van der Waals surface area contributed by atoms with Gasteiger partial charge in [0, 0.05) is 5.69 Å². The first-order chi connectivity index (χ1) is 8.97. The largest absolute Gasteiger partial charge is 0.480 e. The molecule has 0 aliphatic heterocycles. The molecule has 0 aliphatic rings. The molecule has 0 radical (unpaired) electrons. The van der Waals surface area contributed by atoms with Crippen molar-refractivity contribution >= 4 is 23.5 Å². The fourth-order valence-electron chi connectivity index (χ4n) is 1.50. The molecule has 0 heterocycles. The van der Waals surface area contributed by atoms with Crippen LogP contribution in [0, 0.1) is 0 Å². The normalized spacial score (nSPS) is 10.2. The van der Waals surface area contributed by atoms with Crippen molar-refractivity contribution in [1.82, 2.24) is 4.90 Å². The van der Waals surface area contributed by atoms with Crippen LogP contribution >= 0.6 is 0 Å². The summed E-state index contributed by atoms with van der Waals surface area (Å²) in [6, 6.07) is 8.72. The highest BCUT2D eigenvalue weighted by Crippen LogP contribution is 2.04. The molecule has 0 saturated carbocycles. The number of hydrogen-bond donors (Lipinski definition) is 3. The topological polar surface area (TPSA) is 113 Å². The highest BCUT2D eigenvalue weighted by atomic mass is 16.4. The first-order valence-corrected chi connectivity index (χ1v) is 5.54. The minimum absolute atomic E-state index is 0.218. The van der Waals surface area contributed by atoms with Crippen molar-refractivity contribution in [3.05, 3.63) is 30.3 Å². The summed E-state index contributed by atoms with van der Waals surface area (Å²) in [6.07, 6.45) is 0. The number of carbonyl (C=O) groups is 3. The van der Waals surface area contributed by atoms with E-state index in [1.54, 1.807) is 30.3 Å². The summed E-state index contributed by atoms with van der Waals surface area (Å²) in [5.41, 5.74) is 5.59. The number of carbonyl (C=O) groups excluding carboxylic acids is 2. The van der Waals surface area contributed by atoms with Crippen molar-refractivity contribution < 1.29 is 19.5 Å². The smallest absolute Gasteiger partial charge is 0.317 e. The Morgan fingerprint density at radius 3 is 2.26 bits per heavy atom. The Morgan fingerprint density at radius 1 is 1.11 bits per heavy atom. The molecule has 1 aromatic rings. The number of rotatable bonds is 7. The number of aliphatic carboxylic acids is 1. The molecule has 7 nitrogen and oxygen atoms in total. The van der Waals surface area contributed by atoms with Crippen LogP contribution in [0.25, 0.3) is 0 Å². The Labute approximate surface area is 110 Å². The monoisotopic (exact) mass is 265 g/mol. The van der Waals surface area contributed by atoms with Gasteiger partial charge in [0.15, 0.2) is 0 Å². The lowest BCUT2D eigenvalue weighted by Gasteiger charge is -2.17. The van der Waals surface area contributed by atoms with E-state index in [9.17, 15) is 14.4 Å². The molecule has 0 aliphatic carbocycles. The molecule has 7 heteroatoms. The zero-order chi connectivity index (χ0) is 14.3. The lowest BCUT2D eigenvalue weighted by Crippen LogP contribution is -2.41. The number of benzene rings is 1. The lowest BCUT2D eigenvalue weighted by molar-refractivity contribution is -0.138. The second-order valence-electron chi connectivity index (χ2n) is 3.92. The first-order valence-electron chi connectivity index (χ1n) is 5.54. The zero-order valence-electron chi connectivity index (χ0n) is 10.2. The van der Waals surface area contributed by atoms with Crippen LogP contribution in [0.1, 0.15) is 0 Å². The summed E-state index contributed by atoms with van der Waals surface area (Å²) in [6.45, 7) is -0.927. The van der Waals surface area contributed by atoms with Crippen LogP contribution in [-0.4, -0.2) is 47.4 Å². The fourth-order valence-corrected chi connectivity index (χ4v) is 1.50. The SMILES string of the molecule is NC(=O)CN(CC(=O)O)CC(=O)Nc1ccccc1. The van der Waals surface area contributed by atoms with Gasteiger partial charge in [0.1, 0.15) is 0 Å². The summed E-state index contributed by atoms with van der Waals surface area (Å²) < 4.78 is 0. The molecule has 19 heavy (non-hydrogen) atoms. The van der Waals surface area contributed by atoms with Gasteiger partial charge in [-0.05, 0) is 12.1 Å². The predicted molar refractivity (Wildman–Crippen MR) is 68.3 cm³/mol. The Kier molecular flexibility index (Phi) is 5.49. The van der Waals surface area contributed by atoms with E-state index in [2.05, 4.69) is 5.32 Å². The number of hydrogen-bond acceptors (Lipinski definition) is 4. The Balaban J connectivity index is 2.55. The van der Waals surface area contributed by atoms with Crippen molar-refractivity contribution in [3.63, 3.8) is 0 Å². The van der Waals surface area contributed by atoms with Crippen molar-refractivity contribution in [1.29, 1.82) is 0 Å². The summed E-state index contributed by atoms with van der Waals surface area (Å²) in [5.74, 6) is -2.23. The van der Waals surface area contributed by atoms with Crippen LogP contribution in [0.15, 0.2) is 30.3 Å². The summed E-state index contributed by atoms with van der Waals surface area (Å²) >= 11 is 0. The number of carboxylic acid groups (broad SMARTS) is 1. The molecule has 0 spiro atoms. The molecule has 4 N–H and O–H groups in total. The van der Waals surface area contributed by atoms with E-state index in [4.69, 9.17) is 10.8 Å². The molecule has 0 unspecified atom stereocenters. The van der Waals surface area contributed by atoms with Crippen LogP contribution in [0.5, 0.6) is 0 Å². The average molecular weight is 265 g/mol. The molecule has 0 aromatic heterocycles. The number of anilines is 1. The third kappa shape index (κ3) is 6.18. The number of nitrogens with two attached hydrogens (primary N) is 1. The Morgan fingerprint density at radius 2 is 1.74 bits per heavy atom. The third-order valence-electron chi connectivity index (χ3n) is 2.16. The van der Waals surface area contributed by atoms with Crippen molar-refractivity contribution in [2.45, 2.75) is 0 Å². The first kappa shape index (κ1) is 14.7. The molecular weight excluding hydrogens is 250 g/mol. The fraction of sp³-hybridized carbons (Fsp3) is 0.250. The van der Waals surface area contributed by atoms with Crippen LogP contribution in [0.4, 0.5) is 5.69 Å². The van der Waals surface area contributed by atoms with Crippen LogP contribution < -0.4 is 11.1 Å².